The van der Waals surface area contributed by atoms with E-state index in [-0.39, 0.29) is 0 Å². The summed E-state index contributed by atoms with van der Waals surface area (Å²) in [6.07, 6.45) is 6.04. The minimum Gasteiger partial charge on any atom is -0.371 e. The zero-order valence-corrected chi connectivity index (χ0v) is 22.9. The quantitative estimate of drug-likeness (QED) is 0.390. The summed E-state index contributed by atoms with van der Waals surface area (Å²) >= 11 is 0. The normalized spacial score (nSPS) is 19.1. The van der Waals surface area contributed by atoms with E-state index in [9.17, 15) is 0 Å². The molecule has 2 aliphatic rings. The smallest absolute Gasteiger partial charge is 0.252 e. The highest BCUT2D eigenvalue weighted by molar-refractivity contribution is 5.62. The summed E-state index contributed by atoms with van der Waals surface area (Å²) < 4.78 is 1.89. The van der Waals surface area contributed by atoms with Crippen LogP contribution in [0.5, 0.6) is 0 Å². The second kappa shape index (κ2) is 10.4. The highest BCUT2D eigenvalue weighted by atomic mass is 15.3. The fraction of sp³-hybridized carbons (Fsp3) is 0.483. The van der Waals surface area contributed by atoms with Gasteiger partial charge in [-0.25, -0.2) is 9.50 Å². The monoisotopic (exact) mass is 511 g/mol. The first-order valence-corrected chi connectivity index (χ1v) is 13.7. The number of likely N-dealkylation sites (N-methyl/N-ethyl adjacent to an activating group) is 1. The standard InChI is InChI=1S/C29H37N9/c1-20-27(21(2)38-29(32-20)33-22(3)34-38)15-23-9-10-37(18-23)26-7-5-24(6-8-26)28-17-30-25(16-31-28)19-36-13-11-35(4)12-14-36/h5-8,16-17,23H,9-15,18-19H2,1-4H3/t23-/m0/s1. The van der Waals surface area contributed by atoms with Gasteiger partial charge in [-0.3, -0.25) is 14.9 Å². The number of nitrogens with zero attached hydrogens (tertiary/aromatic N) is 9. The molecule has 2 saturated heterocycles. The van der Waals surface area contributed by atoms with E-state index in [1.165, 1.54) is 17.7 Å². The molecule has 0 amide bonds. The largest absolute Gasteiger partial charge is 0.371 e. The third kappa shape index (κ3) is 5.13. The van der Waals surface area contributed by atoms with Gasteiger partial charge in [-0.2, -0.15) is 10.1 Å². The predicted molar refractivity (Wildman–Crippen MR) is 149 cm³/mol. The fourth-order valence-electron chi connectivity index (χ4n) is 5.79. The third-order valence-electron chi connectivity index (χ3n) is 8.15. The van der Waals surface area contributed by atoms with Crippen molar-refractivity contribution >= 4 is 11.5 Å². The van der Waals surface area contributed by atoms with Crippen LogP contribution in [0.25, 0.3) is 17.0 Å². The van der Waals surface area contributed by atoms with Crippen molar-refractivity contribution in [1.82, 2.24) is 39.3 Å². The summed E-state index contributed by atoms with van der Waals surface area (Å²) in [6, 6.07) is 8.79. The zero-order chi connectivity index (χ0) is 26.2. The fourth-order valence-corrected chi connectivity index (χ4v) is 5.79. The van der Waals surface area contributed by atoms with Gasteiger partial charge >= 0.3 is 0 Å². The lowest BCUT2D eigenvalue weighted by Gasteiger charge is -2.31. The lowest BCUT2D eigenvalue weighted by molar-refractivity contribution is 0.147. The molecule has 0 radical (unpaired) electrons. The van der Waals surface area contributed by atoms with Crippen LogP contribution in [0.2, 0.25) is 0 Å². The third-order valence-corrected chi connectivity index (χ3v) is 8.15. The summed E-state index contributed by atoms with van der Waals surface area (Å²) in [6.45, 7) is 13.6. The molecule has 38 heavy (non-hydrogen) atoms. The minimum absolute atomic E-state index is 0.592. The van der Waals surface area contributed by atoms with Gasteiger partial charge in [0, 0.05) is 68.5 Å². The van der Waals surface area contributed by atoms with Gasteiger partial charge < -0.3 is 9.80 Å². The number of rotatable bonds is 6. The van der Waals surface area contributed by atoms with Crippen molar-refractivity contribution in [3.05, 3.63) is 65.1 Å². The van der Waals surface area contributed by atoms with Gasteiger partial charge in [0.1, 0.15) is 5.82 Å². The first-order chi connectivity index (χ1) is 18.4. The van der Waals surface area contributed by atoms with Gasteiger partial charge in [0.05, 0.1) is 23.8 Å². The molecule has 0 saturated carbocycles. The number of aromatic nitrogens is 6. The SMILES string of the molecule is Cc1nc2nc(C)c(C[C@@H]3CCN(c4ccc(-c5cnc(CN6CCN(C)CC6)cn5)cc4)C3)c(C)n2n1. The molecule has 1 atom stereocenters. The van der Waals surface area contributed by atoms with Gasteiger partial charge in [-0.1, -0.05) is 12.1 Å². The molecule has 6 rings (SSSR count). The Hall–Kier alpha value is -3.43. The maximum Gasteiger partial charge on any atom is 0.252 e. The molecule has 0 aliphatic carbocycles. The van der Waals surface area contributed by atoms with Crippen LogP contribution < -0.4 is 4.90 Å². The van der Waals surface area contributed by atoms with E-state index >= 15 is 0 Å². The van der Waals surface area contributed by atoms with Gasteiger partial charge in [0.15, 0.2) is 0 Å². The van der Waals surface area contributed by atoms with E-state index in [1.807, 2.05) is 23.8 Å². The highest BCUT2D eigenvalue weighted by Crippen LogP contribution is 2.29. The first kappa shape index (κ1) is 24.9. The molecule has 4 aromatic rings. The van der Waals surface area contributed by atoms with E-state index in [0.29, 0.717) is 11.7 Å². The number of piperazine rings is 1. The molecule has 9 heteroatoms. The van der Waals surface area contributed by atoms with Gasteiger partial charge in [0.2, 0.25) is 0 Å². The average molecular weight is 512 g/mol. The Morgan fingerprint density at radius 2 is 1.68 bits per heavy atom. The second-order valence-corrected chi connectivity index (χ2v) is 11.0. The minimum atomic E-state index is 0.592. The number of hydrogen-bond donors (Lipinski definition) is 0. The molecule has 0 N–H and O–H groups in total. The Morgan fingerprint density at radius 1 is 0.895 bits per heavy atom. The van der Waals surface area contributed by atoms with Crippen LogP contribution in [0.3, 0.4) is 0 Å². The Balaban J connectivity index is 1.08. The van der Waals surface area contributed by atoms with Crippen molar-refractivity contribution in [2.45, 2.75) is 40.2 Å². The Bertz CT molecular complexity index is 1400. The lowest BCUT2D eigenvalue weighted by Crippen LogP contribution is -2.44. The lowest BCUT2D eigenvalue weighted by atomic mass is 9.96. The van der Waals surface area contributed by atoms with Crippen LogP contribution in [0, 0.1) is 26.7 Å². The maximum atomic E-state index is 4.72. The van der Waals surface area contributed by atoms with Gasteiger partial charge in [-0.15, -0.1) is 0 Å². The van der Waals surface area contributed by atoms with E-state index in [0.717, 1.165) is 86.4 Å². The van der Waals surface area contributed by atoms with Crippen LogP contribution in [0.15, 0.2) is 36.7 Å². The number of hydrogen-bond acceptors (Lipinski definition) is 8. The summed E-state index contributed by atoms with van der Waals surface area (Å²) in [4.78, 5) is 25.9. The molecular formula is C29H37N9. The molecule has 9 nitrogen and oxygen atoms in total. The number of benzene rings is 1. The first-order valence-electron chi connectivity index (χ1n) is 13.7. The number of aryl methyl sites for hydroxylation is 3. The molecule has 1 aromatic carbocycles. The molecule has 2 aliphatic heterocycles. The molecule has 198 valence electrons. The van der Waals surface area contributed by atoms with Crippen molar-refractivity contribution in [2.24, 2.45) is 5.92 Å². The molecular weight excluding hydrogens is 474 g/mol. The second-order valence-electron chi connectivity index (χ2n) is 11.0. The summed E-state index contributed by atoms with van der Waals surface area (Å²) in [5.74, 6) is 2.05. The van der Waals surface area contributed by atoms with Crippen molar-refractivity contribution < 1.29 is 0 Å². The van der Waals surface area contributed by atoms with Crippen LogP contribution in [0.4, 0.5) is 5.69 Å². The Kier molecular flexibility index (Phi) is 6.80. The van der Waals surface area contributed by atoms with Gasteiger partial charge in [-0.05, 0) is 64.3 Å². The molecule has 0 bridgehead atoms. The van der Waals surface area contributed by atoms with E-state index in [1.54, 1.807) is 0 Å². The average Bonchev–Trinajstić information content (AvgIpc) is 3.55. The number of anilines is 1. The molecule has 2 fully saturated rings. The maximum absolute atomic E-state index is 4.72. The van der Waals surface area contributed by atoms with Crippen LogP contribution in [0.1, 0.15) is 34.9 Å². The van der Waals surface area contributed by atoms with Crippen LogP contribution in [-0.2, 0) is 13.0 Å². The molecule has 5 heterocycles. The van der Waals surface area contributed by atoms with Crippen LogP contribution in [-0.4, -0.2) is 85.7 Å². The zero-order valence-electron chi connectivity index (χ0n) is 22.9. The molecule has 0 unspecified atom stereocenters. The van der Waals surface area contributed by atoms with Crippen molar-refractivity contribution in [3.8, 4) is 11.3 Å². The van der Waals surface area contributed by atoms with Crippen LogP contribution >= 0.6 is 0 Å². The molecule has 3 aromatic heterocycles. The summed E-state index contributed by atoms with van der Waals surface area (Å²) in [7, 11) is 2.18. The van der Waals surface area contributed by atoms with Crippen molar-refractivity contribution in [3.63, 3.8) is 0 Å². The number of fused-ring (bicyclic) bond motifs is 1. The Labute approximate surface area is 224 Å². The van der Waals surface area contributed by atoms with Crippen molar-refractivity contribution in [1.29, 1.82) is 0 Å². The highest BCUT2D eigenvalue weighted by Gasteiger charge is 2.25. The van der Waals surface area contributed by atoms with Crippen molar-refractivity contribution in [2.75, 3.05) is 51.2 Å². The van der Waals surface area contributed by atoms with Gasteiger partial charge in [0.25, 0.3) is 5.78 Å². The van der Waals surface area contributed by atoms with E-state index in [2.05, 4.69) is 69.9 Å². The topological polar surface area (TPSA) is 78.6 Å². The van der Waals surface area contributed by atoms with E-state index in [4.69, 9.17) is 15.0 Å². The Morgan fingerprint density at radius 3 is 2.42 bits per heavy atom. The molecule has 0 spiro atoms. The van der Waals surface area contributed by atoms with E-state index < -0.39 is 0 Å². The summed E-state index contributed by atoms with van der Waals surface area (Å²) in [5.41, 5.74) is 7.88. The summed E-state index contributed by atoms with van der Waals surface area (Å²) in [5, 5.41) is 4.54. The predicted octanol–water partition coefficient (Wildman–Crippen LogP) is 3.32.